The molecule has 0 aromatic heterocycles. The first-order chi connectivity index (χ1) is 12.4. The van der Waals surface area contributed by atoms with E-state index in [2.05, 4.69) is 10.6 Å². The summed E-state index contributed by atoms with van der Waals surface area (Å²) < 4.78 is 0. The maximum atomic E-state index is 12.2. The second kappa shape index (κ2) is 9.57. The Labute approximate surface area is 163 Å². The number of carbonyl (C=O) groups is 2. The fourth-order valence-electron chi connectivity index (χ4n) is 2.48. The first-order valence-electron chi connectivity index (χ1n) is 8.21. The molecule has 5 nitrogen and oxygen atoms in total. The van der Waals surface area contributed by atoms with Gasteiger partial charge in [-0.2, -0.15) is 0 Å². The number of nitrogens with one attached hydrogen (secondary N) is 2. The van der Waals surface area contributed by atoms with Crippen LogP contribution >= 0.6 is 23.2 Å². The predicted molar refractivity (Wildman–Crippen MR) is 107 cm³/mol. The van der Waals surface area contributed by atoms with Crippen molar-refractivity contribution in [2.24, 2.45) is 0 Å². The van der Waals surface area contributed by atoms with E-state index in [0.29, 0.717) is 15.7 Å². The fourth-order valence-corrected chi connectivity index (χ4v) is 2.82. The van der Waals surface area contributed by atoms with Crippen LogP contribution in [0.2, 0.25) is 10.0 Å². The van der Waals surface area contributed by atoms with E-state index in [-0.39, 0.29) is 24.9 Å². The van der Waals surface area contributed by atoms with Crippen LogP contribution in [0.1, 0.15) is 12.5 Å². The van der Waals surface area contributed by atoms with E-state index in [1.807, 2.05) is 31.2 Å². The second-order valence-electron chi connectivity index (χ2n) is 5.88. The van der Waals surface area contributed by atoms with Crippen molar-refractivity contribution >= 4 is 46.4 Å². The first-order valence-corrected chi connectivity index (χ1v) is 8.96. The van der Waals surface area contributed by atoms with Crippen molar-refractivity contribution < 1.29 is 9.59 Å². The highest BCUT2D eigenvalue weighted by molar-refractivity contribution is 6.44. The van der Waals surface area contributed by atoms with Crippen LogP contribution in [0.25, 0.3) is 0 Å². The Morgan fingerprint density at radius 1 is 0.923 bits per heavy atom. The summed E-state index contributed by atoms with van der Waals surface area (Å²) >= 11 is 12.0. The van der Waals surface area contributed by atoms with Crippen molar-refractivity contribution in [3.05, 3.63) is 58.1 Å². The number of likely N-dealkylation sites (N-methyl/N-ethyl adjacent to an activating group) is 1. The third-order valence-corrected chi connectivity index (χ3v) is 4.54. The molecule has 138 valence electrons. The lowest BCUT2D eigenvalue weighted by atomic mass is 10.1. The molecule has 2 aromatic carbocycles. The molecule has 7 heteroatoms. The van der Waals surface area contributed by atoms with Gasteiger partial charge >= 0.3 is 0 Å². The number of rotatable bonds is 7. The molecule has 26 heavy (non-hydrogen) atoms. The number of para-hydroxylation sites is 1. The molecule has 0 bridgehead atoms. The van der Waals surface area contributed by atoms with Gasteiger partial charge < -0.3 is 10.6 Å². The highest BCUT2D eigenvalue weighted by atomic mass is 35.5. The molecule has 0 aliphatic rings. The van der Waals surface area contributed by atoms with E-state index in [4.69, 9.17) is 23.2 Å². The van der Waals surface area contributed by atoms with E-state index in [1.165, 1.54) is 0 Å². The molecule has 0 atom stereocenters. The zero-order chi connectivity index (χ0) is 19.1. The van der Waals surface area contributed by atoms with Gasteiger partial charge in [-0.3, -0.25) is 14.5 Å². The lowest BCUT2D eigenvalue weighted by Crippen LogP contribution is -2.36. The highest BCUT2D eigenvalue weighted by Gasteiger charge is 2.13. The van der Waals surface area contributed by atoms with Crippen molar-refractivity contribution in [2.75, 3.05) is 30.8 Å². The molecule has 2 rings (SSSR count). The normalized spacial score (nSPS) is 10.7. The van der Waals surface area contributed by atoms with Gasteiger partial charge in [-0.15, -0.1) is 0 Å². The molecular weight excluding hydrogens is 373 g/mol. The average Bonchev–Trinajstić information content (AvgIpc) is 2.59. The van der Waals surface area contributed by atoms with Gasteiger partial charge in [0.15, 0.2) is 0 Å². The maximum absolute atomic E-state index is 12.2. The molecule has 2 amide bonds. The standard InChI is InChI=1S/C19H21Cl2N3O2/c1-3-13-7-4-5-9-15(13)22-17(25)11-24(2)12-18(26)23-16-10-6-8-14(20)19(16)21/h4-10H,3,11-12H2,1-2H3,(H,22,25)(H,23,26). The van der Waals surface area contributed by atoms with Gasteiger partial charge in [0, 0.05) is 5.69 Å². The Balaban J connectivity index is 1.87. The van der Waals surface area contributed by atoms with Crippen LogP contribution in [0.4, 0.5) is 11.4 Å². The van der Waals surface area contributed by atoms with Crippen LogP contribution < -0.4 is 10.6 Å². The van der Waals surface area contributed by atoms with E-state index in [9.17, 15) is 9.59 Å². The topological polar surface area (TPSA) is 61.4 Å². The summed E-state index contributed by atoms with van der Waals surface area (Å²) in [4.78, 5) is 26.0. The van der Waals surface area contributed by atoms with Crippen molar-refractivity contribution in [2.45, 2.75) is 13.3 Å². The summed E-state index contributed by atoms with van der Waals surface area (Å²) in [6, 6.07) is 12.7. The Kier molecular flexibility index (Phi) is 7.45. The third kappa shape index (κ3) is 5.73. The van der Waals surface area contributed by atoms with Crippen LogP contribution in [-0.2, 0) is 16.0 Å². The lowest BCUT2D eigenvalue weighted by molar-refractivity contribution is -0.119. The number of nitrogens with zero attached hydrogens (tertiary/aromatic N) is 1. The number of halogens is 2. The summed E-state index contributed by atoms with van der Waals surface area (Å²) in [6.45, 7) is 2.17. The molecule has 0 unspecified atom stereocenters. The Morgan fingerprint density at radius 3 is 2.15 bits per heavy atom. The minimum Gasteiger partial charge on any atom is -0.325 e. The molecule has 0 fully saturated rings. The van der Waals surface area contributed by atoms with Crippen LogP contribution in [0.15, 0.2) is 42.5 Å². The summed E-state index contributed by atoms with van der Waals surface area (Å²) in [5.41, 5.74) is 2.30. The van der Waals surface area contributed by atoms with Gasteiger partial charge in [-0.05, 0) is 37.2 Å². The summed E-state index contributed by atoms with van der Waals surface area (Å²) in [5, 5.41) is 6.23. The molecule has 0 saturated carbocycles. The summed E-state index contributed by atoms with van der Waals surface area (Å²) in [6.07, 6.45) is 0.828. The fraction of sp³-hybridized carbons (Fsp3) is 0.263. The van der Waals surface area contributed by atoms with E-state index in [1.54, 1.807) is 30.1 Å². The molecular formula is C19H21Cl2N3O2. The number of hydrogen-bond acceptors (Lipinski definition) is 3. The largest absolute Gasteiger partial charge is 0.325 e. The summed E-state index contributed by atoms with van der Waals surface area (Å²) in [5.74, 6) is -0.458. The van der Waals surface area contributed by atoms with E-state index in [0.717, 1.165) is 17.7 Å². The molecule has 0 aliphatic carbocycles. The minimum atomic E-state index is -0.279. The molecule has 0 saturated heterocycles. The molecule has 2 aromatic rings. The first kappa shape index (κ1) is 20.2. The van der Waals surface area contributed by atoms with Gasteiger partial charge in [0.2, 0.25) is 11.8 Å². The monoisotopic (exact) mass is 393 g/mol. The second-order valence-corrected chi connectivity index (χ2v) is 6.67. The van der Waals surface area contributed by atoms with Crippen molar-refractivity contribution in [3.63, 3.8) is 0 Å². The van der Waals surface area contributed by atoms with Crippen molar-refractivity contribution in [1.29, 1.82) is 0 Å². The number of anilines is 2. The van der Waals surface area contributed by atoms with Crippen LogP contribution in [0, 0.1) is 0 Å². The molecule has 0 aliphatic heterocycles. The highest BCUT2D eigenvalue weighted by Crippen LogP contribution is 2.29. The summed E-state index contributed by atoms with van der Waals surface area (Å²) in [7, 11) is 1.70. The molecule has 0 radical (unpaired) electrons. The third-order valence-electron chi connectivity index (χ3n) is 3.73. The number of carbonyl (C=O) groups excluding carboxylic acids is 2. The Hall–Kier alpha value is -2.08. The SMILES string of the molecule is CCc1ccccc1NC(=O)CN(C)CC(=O)Nc1cccc(Cl)c1Cl. The maximum Gasteiger partial charge on any atom is 0.238 e. The van der Waals surface area contributed by atoms with Crippen LogP contribution in [0.3, 0.4) is 0 Å². The van der Waals surface area contributed by atoms with E-state index < -0.39 is 0 Å². The van der Waals surface area contributed by atoms with Gasteiger partial charge in [-0.1, -0.05) is 54.4 Å². The quantitative estimate of drug-likeness (QED) is 0.745. The molecule has 0 spiro atoms. The number of benzene rings is 2. The Morgan fingerprint density at radius 2 is 1.50 bits per heavy atom. The molecule has 2 N–H and O–H groups in total. The zero-order valence-electron chi connectivity index (χ0n) is 14.7. The van der Waals surface area contributed by atoms with Gasteiger partial charge in [0.25, 0.3) is 0 Å². The van der Waals surface area contributed by atoms with Gasteiger partial charge in [-0.25, -0.2) is 0 Å². The van der Waals surface area contributed by atoms with E-state index >= 15 is 0 Å². The van der Waals surface area contributed by atoms with Gasteiger partial charge in [0.1, 0.15) is 0 Å². The van der Waals surface area contributed by atoms with Crippen LogP contribution in [-0.4, -0.2) is 36.9 Å². The average molecular weight is 394 g/mol. The number of amides is 2. The Bertz CT molecular complexity index is 796. The smallest absolute Gasteiger partial charge is 0.238 e. The lowest BCUT2D eigenvalue weighted by Gasteiger charge is -2.17. The number of hydrogen-bond donors (Lipinski definition) is 2. The molecule has 0 heterocycles. The van der Waals surface area contributed by atoms with Crippen LogP contribution in [0.5, 0.6) is 0 Å². The van der Waals surface area contributed by atoms with Gasteiger partial charge in [0.05, 0.1) is 28.8 Å². The number of aryl methyl sites for hydroxylation is 1. The predicted octanol–water partition coefficient (Wildman–Crippen LogP) is 4.06. The van der Waals surface area contributed by atoms with Crippen molar-refractivity contribution in [1.82, 2.24) is 4.90 Å². The van der Waals surface area contributed by atoms with Crippen molar-refractivity contribution in [3.8, 4) is 0 Å². The zero-order valence-corrected chi connectivity index (χ0v) is 16.2. The minimum absolute atomic E-state index is 0.0473.